The zero-order valence-corrected chi connectivity index (χ0v) is 41.7. The molecule has 0 aromatic heterocycles. The summed E-state index contributed by atoms with van der Waals surface area (Å²) in [6, 6.07) is 0. The van der Waals surface area contributed by atoms with Gasteiger partial charge in [0.1, 0.15) is 0 Å². The maximum Gasteiger partial charge on any atom is 0.407 e. The predicted molar refractivity (Wildman–Crippen MR) is 259 cm³/mol. The van der Waals surface area contributed by atoms with Crippen LogP contribution in [0.1, 0.15) is 273 Å². The summed E-state index contributed by atoms with van der Waals surface area (Å²) in [5.41, 5.74) is -0.437. The number of unbranched alkanes of at least 4 members (excludes halogenated alkanes) is 30. The van der Waals surface area contributed by atoms with Gasteiger partial charge in [0.15, 0.2) is 0 Å². The Kier molecular flexibility index (Phi) is 44.0. The first kappa shape index (κ1) is 59.1. The van der Waals surface area contributed by atoms with Crippen LogP contribution in [0, 0.1) is 0 Å². The fourth-order valence-corrected chi connectivity index (χ4v) is 7.87. The monoisotopic (exact) mass is 854 g/mol. The van der Waals surface area contributed by atoms with E-state index in [-0.39, 0.29) is 23.4 Å². The van der Waals surface area contributed by atoms with Crippen molar-refractivity contribution in [2.75, 3.05) is 46.7 Å². The van der Waals surface area contributed by atoms with Gasteiger partial charge in [-0.25, -0.2) is 4.79 Å². The molecule has 1 N–H and O–H groups in total. The van der Waals surface area contributed by atoms with Crippen LogP contribution in [-0.2, 0) is 23.7 Å². The summed E-state index contributed by atoms with van der Waals surface area (Å²) in [5.74, 6) is 0. The molecule has 1 amide bonds. The molecule has 0 spiro atoms. The molecule has 0 bridgehead atoms. The van der Waals surface area contributed by atoms with Gasteiger partial charge in [-0.15, -0.1) is 0 Å². The van der Waals surface area contributed by atoms with Crippen molar-refractivity contribution in [2.24, 2.45) is 0 Å². The van der Waals surface area contributed by atoms with Crippen LogP contribution in [-0.4, -0.2) is 70.1 Å². The molecule has 0 aromatic rings. The van der Waals surface area contributed by atoms with Crippen molar-refractivity contribution in [3.63, 3.8) is 0 Å². The van der Waals surface area contributed by atoms with Crippen LogP contribution in [0.4, 0.5) is 4.79 Å². The highest BCUT2D eigenvalue weighted by molar-refractivity contribution is 5.66. The van der Waals surface area contributed by atoms with E-state index in [1.165, 1.54) is 193 Å². The van der Waals surface area contributed by atoms with Crippen LogP contribution < -0.4 is 5.32 Å². The molecule has 0 radical (unpaired) electrons. The number of alkyl carbamates (subject to hydrolysis) is 1. The van der Waals surface area contributed by atoms with Crippen LogP contribution in [0.25, 0.3) is 0 Å². The molecule has 0 fully saturated rings. The fraction of sp³-hybridized carbons (Fsp3) is 0.981. The Balaban J connectivity index is 4.22. The highest BCUT2D eigenvalue weighted by atomic mass is 16.6. The zero-order chi connectivity index (χ0) is 44.1. The Labute approximate surface area is 375 Å². The van der Waals surface area contributed by atoms with Gasteiger partial charge in [0, 0.05) is 33.3 Å². The molecule has 0 aliphatic heterocycles. The van der Waals surface area contributed by atoms with Crippen molar-refractivity contribution >= 4 is 6.09 Å². The van der Waals surface area contributed by atoms with E-state index >= 15 is 0 Å². The number of hydrogen-bond acceptors (Lipinski definition) is 6. The zero-order valence-electron chi connectivity index (χ0n) is 41.7. The Bertz CT molecular complexity index is 866. The van der Waals surface area contributed by atoms with E-state index in [0.717, 1.165) is 45.3 Å². The van der Waals surface area contributed by atoms with Gasteiger partial charge in [-0.2, -0.15) is 0 Å². The summed E-state index contributed by atoms with van der Waals surface area (Å²) in [7, 11) is 1.74. The Morgan fingerprint density at radius 2 is 0.867 bits per heavy atom. The van der Waals surface area contributed by atoms with Crippen molar-refractivity contribution < 1.29 is 28.5 Å². The Hall–Kier alpha value is -0.890. The smallest absolute Gasteiger partial charge is 0.407 e. The molecule has 0 aromatic carbocycles. The van der Waals surface area contributed by atoms with Gasteiger partial charge >= 0.3 is 6.09 Å². The Morgan fingerprint density at radius 1 is 0.467 bits per heavy atom. The van der Waals surface area contributed by atoms with Gasteiger partial charge in [-0.1, -0.05) is 206 Å². The third-order valence-electron chi connectivity index (χ3n) is 12.4. The maximum atomic E-state index is 12.5. The number of nitrogens with one attached hydrogen (secondary N) is 1. The molecule has 0 heterocycles. The lowest BCUT2D eigenvalue weighted by Gasteiger charge is -2.29. The summed E-state index contributed by atoms with van der Waals surface area (Å²) >= 11 is 0. The van der Waals surface area contributed by atoms with Gasteiger partial charge in [0.05, 0.1) is 37.1 Å². The largest absolute Gasteiger partial charge is 0.449 e. The molecule has 7 nitrogen and oxygen atoms in total. The molecule has 60 heavy (non-hydrogen) atoms. The normalized spacial score (nSPS) is 12.7. The first-order valence-corrected chi connectivity index (χ1v) is 26.4. The highest BCUT2D eigenvalue weighted by Crippen LogP contribution is 2.20. The Morgan fingerprint density at radius 3 is 1.28 bits per heavy atom. The number of carbonyl (C=O) groups is 1. The van der Waals surface area contributed by atoms with E-state index in [4.69, 9.17) is 23.7 Å². The lowest BCUT2D eigenvalue weighted by molar-refractivity contribution is -0.0617. The molecule has 0 saturated carbocycles. The maximum absolute atomic E-state index is 12.5. The first-order chi connectivity index (χ1) is 29.2. The van der Waals surface area contributed by atoms with Crippen molar-refractivity contribution in [1.82, 2.24) is 5.32 Å². The number of ether oxygens (including phenoxy) is 5. The minimum absolute atomic E-state index is 0.0452. The van der Waals surface area contributed by atoms with Crippen LogP contribution in [0.5, 0.6) is 0 Å². The quantitative estimate of drug-likeness (QED) is 0.0615. The number of amides is 1. The second-order valence-corrected chi connectivity index (χ2v) is 19.5. The number of rotatable bonds is 49. The SMILES string of the molecule is CCCCCCCCCCCCCCCCCCOCC(CCOC(=O)NCCCC(C)(C)OCCC(C)(C)OC)OCCCCCCCCCCCCCCCCCC. The van der Waals surface area contributed by atoms with Crippen molar-refractivity contribution in [3.05, 3.63) is 0 Å². The molecule has 0 aliphatic carbocycles. The molecule has 0 aliphatic rings. The molecule has 1 unspecified atom stereocenters. The number of hydrogen-bond donors (Lipinski definition) is 1. The molecular formula is C53H107NO6. The molecule has 360 valence electrons. The molecule has 1 atom stereocenters. The summed E-state index contributed by atoms with van der Waals surface area (Å²) in [6.45, 7) is 16.6. The van der Waals surface area contributed by atoms with Crippen LogP contribution in [0.2, 0.25) is 0 Å². The predicted octanol–water partition coefficient (Wildman–Crippen LogP) is 16.4. The molecule has 0 rings (SSSR count). The van der Waals surface area contributed by atoms with Crippen molar-refractivity contribution in [2.45, 2.75) is 290 Å². The van der Waals surface area contributed by atoms with Gasteiger partial charge < -0.3 is 29.0 Å². The van der Waals surface area contributed by atoms with E-state index in [1.807, 2.05) is 0 Å². The minimum atomic E-state index is -0.360. The highest BCUT2D eigenvalue weighted by Gasteiger charge is 2.22. The average Bonchev–Trinajstić information content (AvgIpc) is 3.22. The summed E-state index contributed by atoms with van der Waals surface area (Å²) in [6.07, 6.45) is 46.6. The minimum Gasteiger partial charge on any atom is -0.449 e. The van der Waals surface area contributed by atoms with Crippen LogP contribution >= 0.6 is 0 Å². The van der Waals surface area contributed by atoms with E-state index in [0.29, 0.717) is 32.8 Å². The molecule has 7 heteroatoms. The average molecular weight is 854 g/mol. The number of methoxy groups -OCH3 is 1. The third kappa shape index (κ3) is 45.1. The van der Waals surface area contributed by atoms with Crippen LogP contribution in [0.15, 0.2) is 0 Å². The second-order valence-electron chi connectivity index (χ2n) is 19.5. The summed E-state index contributed by atoms with van der Waals surface area (Å²) < 4.78 is 29.6. The second kappa shape index (κ2) is 44.7. The van der Waals surface area contributed by atoms with E-state index in [2.05, 4.69) is 46.9 Å². The summed E-state index contributed by atoms with van der Waals surface area (Å²) in [5, 5.41) is 2.92. The fourth-order valence-electron chi connectivity index (χ4n) is 7.87. The van der Waals surface area contributed by atoms with Crippen molar-refractivity contribution in [1.29, 1.82) is 0 Å². The van der Waals surface area contributed by atoms with Gasteiger partial charge in [0.25, 0.3) is 0 Å². The van der Waals surface area contributed by atoms with Crippen LogP contribution in [0.3, 0.4) is 0 Å². The molecular weight excluding hydrogens is 747 g/mol. The van der Waals surface area contributed by atoms with Crippen molar-refractivity contribution in [3.8, 4) is 0 Å². The molecule has 0 saturated heterocycles. The van der Waals surface area contributed by atoms with E-state index in [1.54, 1.807) is 7.11 Å². The van der Waals surface area contributed by atoms with E-state index < -0.39 is 0 Å². The lowest BCUT2D eigenvalue weighted by Crippen LogP contribution is -2.32. The standard InChI is InChI=1S/C53H107NO6/c1-8-10-12-14-16-18-20-22-24-26-28-30-32-34-36-38-45-57-49-50(58-46-39-37-35-33-31-29-27-25-23-21-19-17-15-13-11-9-2)41-47-59-51(55)54-44-40-42-53(5,6)60-48-43-52(3,4)56-7/h50H,8-49H2,1-7H3,(H,54,55). The summed E-state index contributed by atoms with van der Waals surface area (Å²) in [4.78, 5) is 12.5. The van der Waals surface area contributed by atoms with Gasteiger partial charge in [-0.05, 0) is 59.8 Å². The topological polar surface area (TPSA) is 75.3 Å². The lowest BCUT2D eigenvalue weighted by atomic mass is 10.0. The van der Waals surface area contributed by atoms with Gasteiger partial charge in [-0.3, -0.25) is 0 Å². The number of carbonyl (C=O) groups excluding carboxylic acids is 1. The van der Waals surface area contributed by atoms with E-state index in [9.17, 15) is 4.79 Å². The first-order valence-electron chi connectivity index (χ1n) is 26.4. The van der Waals surface area contributed by atoms with Gasteiger partial charge in [0.2, 0.25) is 0 Å². The third-order valence-corrected chi connectivity index (χ3v) is 12.4.